The maximum absolute atomic E-state index is 11.6. The van der Waals surface area contributed by atoms with Gasteiger partial charge >= 0.3 is 0 Å². The number of carbonyl (C=O) groups excluding carboxylic acids is 1. The number of aliphatic hydroxyl groups excluding tert-OH is 1. The highest BCUT2D eigenvalue weighted by Crippen LogP contribution is 2.12. The molecule has 0 spiro atoms. The Labute approximate surface area is 92.2 Å². The Morgan fingerprint density at radius 3 is 2.47 bits per heavy atom. The predicted octanol–water partition coefficient (Wildman–Crippen LogP) is 0.495. The first-order chi connectivity index (χ1) is 6.84. The quantitative estimate of drug-likeness (QED) is 0.605. The van der Waals surface area contributed by atoms with Crippen LogP contribution in [-0.2, 0) is 4.79 Å². The Hall–Kier alpha value is -0.610. The van der Waals surface area contributed by atoms with Crippen molar-refractivity contribution in [2.75, 3.05) is 13.2 Å². The summed E-state index contributed by atoms with van der Waals surface area (Å²) in [6, 6.07) is -0.454. The topological polar surface area (TPSA) is 75.4 Å². The zero-order valence-corrected chi connectivity index (χ0v) is 10.2. The highest BCUT2D eigenvalue weighted by Gasteiger charge is 2.22. The first kappa shape index (κ1) is 14.4. The fourth-order valence-electron chi connectivity index (χ4n) is 1.01. The fourth-order valence-corrected chi connectivity index (χ4v) is 1.01. The van der Waals surface area contributed by atoms with Gasteiger partial charge in [-0.15, -0.1) is 0 Å². The van der Waals surface area contributed by atoms with Crippen molar-refractivity contribution in [3.63, 3.8) is 0 Å². The molecule has 4 N–H and O–H groups in total. The van der Waals surface area contributed by atoms with Crippen LogP contribution in [0.3, 0.4) is 0 Å². The number of hydrogen-bond donors (Lipinski definition) is 3. The molecular formula is C11H24N2O2. The predicted molar refractivity (Wildman–Crippen MR) is 61.3 cm³/mol. The second-order valence-corrected chi connectivity index (χ2v) is 4.95. The van der Waals surface area contributed by atoms with Crippen molar-refractivity contribution >= 4 is 5.91 Å². The number of amides is 1. The van der Waals surface area contributed by atoms with E-state index >= 15 is 0 Å². The molecule has 15 heavy (non-hydrogen) atoms. The van der Waals surface area contributed by atoms with Gasteiger partial charge in [-0.25, -0.2) is 0 Å². The molecule has 4 heteroatoms. The van der Waals surface area contributed by atoms with Crippen LogP contribution in [0.25, 0.3) is 0 Å². The van der Waals surface area contributed by atoms with Gasteiger partial charge in [0, 0.05) is 18.6 Å². The van der Waals surface area contributed by atoms with E-state index in [9.17, 15) is 4.79 Å². The minimum absolute atomic E-state index is 0.0475. The number of rotatable bonds is 6. The van der Waals surface area contributed by atoms with E-state index in [1.54, 1.807) is 0 Å². The number of nitrogens with one attached hydrogen (secondary N) is 1. The van der Waals surface area contributed by atoms with Crippen LogP contribution in [0.15, 0.2) is 0 Å². The molecule has 1 amide bonds. The van der Waals surface area contributed by atoms with Crippen LogP contribution in [0, 0.1) is 11.3 Å². The summed E-state index contributed by atoms with van der Waals surface area (Å²) in [6.45, 7) is 8.25. The molecule has 0 aliphatic carbocycles. The SMILES string of the molecule is CC[C@H](C)[C@H](N)C(=O)NCC(C)(C)CO. The van der Waals surface area contributed by atoms with Crippen molar-refractivity contribution in [2.45, 2.75) is 40.2 Å². The van der Waals surface area contributed by atoms with E-state index < -0.39 is 6.04 Å². The van der Waals surface area contributed by atoms with Gasteiger partial charge in [0.2, 0.25) is 5.91 Å². The van der Waals surface area contributed by atoms with Crippen molar-refractivity contribution in [1.82, 2.24) is 5.32 Å². The largest absolute Gasteiger partial charge is 0.396 e. The standard InChI is InChI=1S/C11H24N2O2/c1-5-8(2)9(12)10(15)13-6-11(3,4)7-14/h8-9,14H,5-7,12H2,1-4H3,(H,13,15)/t8-,9-/m0/s1. The van der Waals surface area contributed by atoms with E-state index in [1.807, 2.05) is 27.7 Å². The van der Waals surface area contributed by atoms with Crippen LogP contribution < -0.4 is 11.1 Å². The van der Waals surface area contributed by atoms with Gasteiger partial charge in [-0.3, -0.25) is 4.79 Å². The summed E-state index contributed by atoms with van der Waals surface area (Å²) in [6.07, 6.45) is 0.887. The second kappa shape index (κ2) is 6.08. The van der Waals surface area contributed by atoms with Crippen LogP contribution >= 0.6 is 0 Å². The van der Waals surface area contributed by atoms with Crippen molar-refractivity contribution in [1.29, 1.82) is 0 Å². The van der Waals surface area contributed by atoms with Crippen LogP contribution in [0.5, 0.6) is 0 Å². The number of aliphatic hydroxyl groups is 1. The van der Waals surface area contributed by atoms with E-state index in [-0.39, 0.29) is 23.8 Å². The lowest BCUT2D eigenvalue weighted by atomic mass is 9.94. The van der Waals surface area contributed by atoms with Gasteiger partial charge in [0.15, 0.2) is 0 Å². The van der Waals surface area contributed by atoms with Gasteiger partial charge in [0.1, 0.15) is 0 Å². The molecular weight excluding hydrogens is 192 g/mol. The fraction of sp³-hybridized carbons (Fsp3) is 0.909. The summed E-state index contributed by atoms with van der Waals surface area (Å²) < 4.78 is 0. The van der Waals surface area contributed by atoms with E-state index in [2.05, 4.69) is 5.32 Å². The maximum Gasteiger partial charge on any atom is 0.237 e. The van der Waals surface area contributed by atoms with Crippen LogP contribution in [0.1, 0.15) is 34.1 Å². The summed E-state index contributed by atoms with van der Waals surface area (Å²) in [5.74, 6) is 0.0492. The lowest BCUT2D eigenvalue weighted by Crippen LogP contribution is -2.47. The summed E-state index contributed by atoms with van der Waals surface area (Å²) in [5, 5.41) is 11.8. The summed E-state index contributed by atoms with van der Waals surface area (Å²) >= 11 is 0. The molecule has 90 valence electrons. The molecule has 0 radical (unpaired) electrons. The molecule has 0 saturated heterocycles. The Morgan fingerprint density at radius 2 is 2.07 bits per heavy atom. The third-order valence-electron chi connectivity index (χ3n) is 2.73. The van der Waals surface area contributed by atoms with Crippen molar-refractivity contribution in [2.24, 2.45) is 17.1 Å². The molecule has 0 saturated carbocycles. The van der Waals surface area contributed by atoms with Crippen LogP contribution in [-0.4, -0.2) is 30.2 Å². The Bertz CT molecular complexity index is 205. The lowest BCUT2D eigenvalue weighted by molar-refractivity contribution is -0.123. The van der Waals surface area contributed by atoms with Crippen molar-refractivity contribution < 1.29 is 9.90 Å². The zero-order chi connectivity index (χ0) is 12.1. The molecule has 0 aliphatic heterocycles. The molecule has 0 rings (SSSR count). The van der Waals surface area contributed by atoms with Gasteiger partial charge < -0.3 is 16.2 Å². The average Bonchev–Trinajstić information content (AvgIpc) is 2.23. The number of hydrogen-bond acceptors (Lipinski definition) is 3. The highest BCUT2D eigenvalue weighted by atomic mass is 16.3. The molecule has 0 bridgehead atoms. The lowest BCUT2D eigenvalue weighted by Gasteiger charge is -2.24. The zero-order valence-electron chi connectivity index (χ0n) is 10.2. The number of carbonyl (C=O) groups is 1. The van der Waals surface area contributed by atoms with E-state index in [4.69, 9.17) is 10.8 Å². The van der Waals surface area contributed by atoms with Crippen LogP contribution in [0.2, 0.25) is 0 Å². The molecule has 0 fully saturated rings. The van der Waals surface area contributed by atoms with E-state index in [0.29, 0.717) is 6.54 Å². The molecule has 0 aromatic carbocycles. The minimum Gasteiger partial charge on any atom is -0.396 e. The minimum atomic E-state index is -0.454. The molecule has 0 aliphatic rings. The summed E-state index contributed by atoms with van der Waals surface area (Å²) in [4.78, 5) is 11.6. The smallest absolute Gasteiger partial charge is 0.237 e. The third kappa shape index (κ3) is 5.14. The summed E-state index contributed by atoms with van der Waals surface area (Å²) in [7, 11) is 0. The molecule has 0 heterocycles. The first-order valence-corrected chi connectivity index (χ1v) is 5.48. The Balaban J connectivity index is 4.04. The van der Waals surface area contributed by atoms with Gasteiger partial charge in [-0.2, -0.15) is 0 Å². The van der Waals surface area contributed by atoms with Crippen LogP contribution in [0.4, 0.5) is 0 Å². The van der Waals surface area contributed by atoms with E-state index in [0.717, 1.165) is 6.42 Å². The molecule has 0 aromatic rings. The van der Waals surface area contributed by atoms with Gasteiger partial charge in [0.05, 0.1) is 6.04 Å². The van der Waals surface area contributed by atoms with Gasteiger partial charge in [0.25, 0.3) is 0 Å². The second-order valence-electron chi connectivity index (χ2n) is 4.95. The molecule has 2 atom stereocenters. The maximum atomic E-state index is 11.6. The Kier molecular flexibility index (Phi) is 5.83. The van der Waals surface area contributed by atoms with E-state index in [1.165, 1.54) is 0 Å². The average molecular weight is 216 g/mol. The number of nitrogens with two attached hydrogens (primary N) is 1. The van der Waals surface area contributed by atoms with Gasteiger partial charge in [-0.1, -0.05) is 34.1 Å². The highest BCUT2D eigenvalue weighted by molar-refractivity contribution is 5.81. The van der Waals surface area contributed by atoms with Crippen molar-refractivity contribution in [3.05, 3.63) is 0 Å². The molecule has 0 aromatic heterocycles. The molecule has 4 nitrogen and oxygen atoms in total. The third-order valence-corrected chi connectivity index (χ3v) is 2.73. The van der Waals surface area contributed by atoms with Crippen molar-refractivity contribution in [3.8, 4) is 0 Å². The van der Waals surface area contributed by atoms with Gasteiger partial charge in [-0.05, 0) is 5.92 Å². The molecule has 0 unspecified atom stereocenters. The monoisotopic (exact) mass is 216 g/mol. The normalized spacial score (nSPS) is 15.9. The first-order valence-electron chi connectivity index (χ1n) is 5.48. The Morgan fingerprint density at radius 1 is 1.53 bits per heavy atom. The summed E-state index contributed by atoms with van der Waals surface area (Å²) in [5.41, 5.74) is 5.48.